The van der Waals surface area contributed by atoms with Crippen molar-refractivity contribution >= 4 is 30.7 Å². The molecule has 3 rings (SSSR count). The molecule has 0 radical (unpaired) electrons. The van der Waals surface area contributed by atoms with Gasteiger partial charge < -0.3 is 20.5 Å². The normalized spacial score (nSPS) is 14.4. The molecule has 1 fully saturated rings. The smallest absolute Gasteiger partial charge is 0.240 e. The average molecular weight is 414 g/mol. The fourth-order valence-electron chi connectivity index (χ4n) is 3.01. The summed E-state index contributed by atoms with van der Waals surface area (Å²) in [6.45, 7) is 0.324. The van der Waals surface area contributed by atoms with Crippen molar-refractivity contribution in [2.45, 2.75) is 37.8 Å². The lowest BCUT2D eigenvalue weighted by molar-refractivity contribution is -0.126. The zero-order valence-corrected chi connectivity index (χ0v) is 16.8. The van der Waals surface area contributed by atoms with Crippen molar-refractivity contribution in [2.75, 3.05) is 7.11 Å². The lowest BCUT2D eigenvalue weighted by atomic mass is 9.98. The number of benzene rings is 1. The van der Waals surface area contributed by atoms with Crippen LogP contribution in [-0.2, 0) is 11.3 Å². The van der Waals surface area contributed by atoms with Gasteiger partial charge in [-0.05, 0) is 31.0 Å². The number of pyridine rings is 1. The molecule has 3 N–H and O–H groups in total. The lowest BCUT2D eigenvalue weighted by Crippen LogP contribution is -2.51. The van der Waals surface area contributed by atoms with Gasteiger partial charge in [-0.15, -0.1) is 24.8 Å². The van der Waals surface area contributed by atoms with Crippen LogP contribution in [0.4, 0.5) is 0 Å². The molecule has 27 heavy (non-hydrogen) atoms. The molecule has 1 amide bonds. The molecule has 8 heteroatoms. The molecule has 1 heterocycles. The number of halogens is 2. The summed E-state index contributed by atoms with van der Waals surface area (Å²) >= 11 is 0. The Labute approximate surface area is 171 Å². The molecule has 1 aliphatic carbocycles. The first kappa shape index (κ1) is 23.0. The van der Waals surface area contributed by atoms with Gasteiger partial charge in [0.2, 0.25) is 11.8 Å². The number of carbonyl (C=O) groups is 1. The van der Waals surface area contributed by atoms with Gasteiger partial charge in [0.1, 0.15) is 11.5 Å². The molecule has 1 saturated carbocycles. The standard InChI is InChI=1S/C19H23N3O3.2ClH/c1-24-15-7-4-8-16(12-15)25-17-14(6-5-11-21-17)13-22-18(23)19(20)9-2-3-10-19;;/h4-8,11-12H,2-3,9-10,13,20H2,1H3,(H,22,23);2*1H. The van der Waals surface area contributed by atoms with Crippen molar-refractivity contribution in [1.82, 2.24) is 10.3 Å². The predicted molar refractivity (Wildman–Crippen MR) is 109 cm³/mol. The summed E-state index contributed by atoms with van der Waals surface area (Å²) in [6, 6.07) is 11.0. The minimum atomic E-state index is -0.740. The number of hydrogen-bond acceptors (Lipinski definition) is 5. The first-order valence-electron chi connectivity index (χ1n) is 8.44. The molecule has 0 atom stereocenters. The van der Waals surface area contributed by atoms with E-state index >= 15 is 0 Å². The van der Waals surface area contributed by atoms with Gasteiger partial charge in [0.15, 0.2) is 0 Å². The van der Waals surface area contributed by atoms with Crippen LogP contribution < -0.4 is 20.5 Å². The second-order valence-corrected chi connectivity index (χ2v) is 6.29. The largest absolute Gasteiger partial charge is 0.497 e. The third-order valence-electron chi connectivity index (χ3n) is 4.49. The van der Waals surface area contributed by atoms with Gasteiger partial charge in [-0.2, -0.15) is 0 Å². The summed E-state index contributed by atoms with van der Waals surface area (Å²) < 4.78 is 11.1. The van der Waals surface area contributed by atoms with E-state index in [0.29, 0.717) is 23.9 Å². The van der Waals surface area contributed by atoms with Crippen LogP contribution >= 0.6 is 24.8 Å². The van der Waals surface area contributed by atoms with Crippen molar-refractivity contribution in [1.29, 1.82) is 0 Å². The van der Waals surface area contributed by atoms with E-state index < -0.39 is 5.54 Å². The van der Waals surface area contributed by atoms with Crippen molar-refractivity contribution < 1.29 is 14.3 Å². The number of rotatable bonds is 6. The SMILES string of the molecule is COc1cccc(Oc2ncccc2CNC(=O)C2(N)CCCC2)c1.Cl.Cl. The van der Waals surface area contributed by atoms with E-state index in [0.717, 1.165) is 31.2 Å². The number of amides is 1. The van der Waals surface area contributed by atoms with Gasteiger partial charge in [-0.1, -0.05) is 25.0 Å². The second kappa shape index (κ2) is 10.3. The maximum absolute atomic E-state index is 12.4. The highest BCUT2D eigenvalue weighted by Gasteiger charge is 2.36. The summed E-state index contributed by atoms with van der Waals surface area (Å²) in [6.07, 6.45) is 5.13. The maximum atomic E-state index is 12.4. The van der Waals surface area contributed by atoms with Crippen LogP contribution in [0.5, 0.6) is 17.4 Å². The van der Waals surface area contributed by atoms with E-state index in [1.807, 2.05) is 30.3 Å². The molecule has 6 nitrogen and oxygen atoms in total. The van der Waals surface area contributed by atoms with Gasteiger partial charge in [0, 0.05) is 24.4 Å². The molecule has 0 saturated heterocycles. The second-order valence-electron chi connectivity index (χ2n) is 6.29. The Kier molecular flexibility index (Phi) is 8.82. The maximum Gasteiger partial charge on any atom is 0.240 e. The highest BCUT2D eigenvalue weighted by molar-refractivity contribution is 5.86. The van der Waals surface area contributed by atoms with Crippen LogP contribution in [0, 0.1) is 0 Å². The van der Waals surface area contributed by atoms with Crippen molar-refractivity contribution in [3.8, 4) is 17.4 Å². The third-order valence-corrected chi connectivity index (χ3v) is 4.49. The summed E-state index contributed by atoms with van der Waals surface area (Å²) in [5, 5.41) is 2.92. The highest BCUT2D eigenvalue weighted by Crippen LogP contribution is 2.28. The highest BCUT2D eigenvalue weighted by atomic mass is 35.5. The number of ether oxygens (including phenoxy) is 2. The van der Waals surface area contributed by atoms with Crippen molar-refractivity contribution in [2.24, 2.45) is 5.73 Å². The van der Waals surface area contributed by atoms with E-state index in [1.165, 1.54) is 0 Å². The van der Waals surface area contributed by atoms with Gasteiger partial charge in [-0.25, -0.2) is 4.98 Å². The zero-order valence-electron chi connectivity index (χ0n) is 15.1. The van der Waals surface area contributed by atoms with E-state index in [4.69, 9.17) is 15.2 Å². The summed E-state index contributed by atoms with van der Waals surface area (Å²) in [5.41, 5.74) is 6.24. The molecule has 0 bridgehead atoms. The quantitative estimate of drug-likeness (QED) is 0.754. The number of methoxy groups -OCH3 is 1. The van der Waals surface area contributed by atoms with Crippen LogP contribution in [-0.4, -0.2) is 23.5 Å². The number of nitrogens with zero attached hydrogens (tertiary/aromatic N) is 1. The van der Waals surface area contributed by atoms with E-state index in [1.54, 1.807) is 19.4 Å². The number of nitrogens with two attached hydrogens (primary N) is 1. The number of hydrogen-bond donors (Lipinski definition) is 2. The monoisotopic (exact) mass is 413 g/mol. The molecule has 1 aliphatic rings. The van der Waals surface area contributed by atoms with E-state index in [9.17, 15) is 4.79 Å². The fourth-order valence-corrected chi connectivity index (χ4v) is 3.01. The van der Waals surface area contributed by atoms with E-state index in [-0.39, 0.29) is 30.7 Å². The Bertz CT molecular complexity index is 752. The summed E-state index contributed by atoms with van der Waals surface area (Å²) in [7, 11) is 1.60. The summed E-state index contributed by atoms with van der Waals surface area (Å²) in [4.78, 5) is 16.7. The minimum Gasteiger partial charge on any atom is -0.497 e. The molecule has 2 aromatic rings. The molecular weight excluding hydrogens is 389 g/mol. The van der Waals surface area contributed by atoms with Gasteiger partial charge >= 0.3 is 0 Å². The predicted octanol–water partition coefficient (Wildman–Crippen LogP) is 3.61. The van der Waals surface area contributed by atoms with Gasteiger partial charge in [-0.3, -0.25) is 4.79 Å². The van der Waals surface area contributed by atoms with Gasteiger partial charge in [0.05, 0.1) is 12.6 Å². The Balaban J connectivity index is 0.00000182. The molecule has 1 aromatic heterocycles. The first-order valence-corrected chi connectivity index (χ1v) is 8.44. The third kappa shape index (κ3) is 5.73. The Morgan fingerprint density at radius 1 is 1.19 bits per heavy atom. The Hall–Kier alpha value is -2.02. The van der Waals surface area contributed by atoms with Crippen LogP contribution in [0.3, 0.4) is 0 Å². The molecular formula is C19H25Cl2N3O3. The van der Waals surface area contributed by atoms with Crippen molar-refractivity contribution in [3.05, 3.63) is 48.2 Å². The number of aromatic nitrogens is 1. The first-order chi connectivity index (χ1) is 12.1. The lowest BCUT2D eigenvalue weighted by Gasteiger charge is -2.22. The number of nitrogens with one attached hydrogen (secondary N) is 1. The van der Waals surface area contributed by atoms with Crippen LogP contribution in [0.1, 0.15) is 31.2 Å². The molecule has 0 aliphatic heterocycles. The van der Waals surface area contributed by atoms with E-state index in [2.05, 4.69) is 10.3 Å². The Morgan fingerprint density at radius 3 is 2.59 bits per heavy atom. The minimum absolute atomic E-state index is 0. The summed E-state index contributed by atoms with van der Waals surface area (Å²) in [5.74, 6) is 1.67. The van der Waals surface area contributed by atoms with Crippen LogP contribution in [0.2, 0.25) is 0 Å². The van der Waals surface area contributed by atoms with Crippen LogP contribution in [0.15, 0.2) is 42.6 Å². The molecule has 148 valence electrons. The Morgan fingerprint density at radius 2 is 1.89 bits per heavy atom. The van der Waals surface area contributed by atoms with Crippen LogP contribution in [0.25, 0.3) is 0 Å². The van der Waals surface area contributed by atoms with Crippen molar-refractivity contribution in [3.63, 3.8) is 0 Å². The molecule has 0 spiro atoms. The van der Waals surface area contributed by atoms with Gasteiger partial charge in [0.25, 0.3) is 0 Å². The topological polar surface area (TPSA) is 86.5 Å². The molecule has 1 aromatic carbocycles. The fraction of sp³-hybridized carbons (Fsp3) is 0.368. The zero-order chi connectivity index (χ0) is 17.7. The number of carbonyl (C=O) groups excluding carboxylic acids is 1. The molecule has 0 unspecified atom stereocenters. The average Bonchev–Trinajstić information content (AvgIpc) is 3.09.